The lowest BCUT2D eigenvalue weighted by molar-refractivity contribution is -0.122. The average Bonchev–Trinajstić information content (AvgIpc) is 3.32. The smallest absolute Gasteiger partial charge is 0.335 e. The first kappa shape index (κ1) is 35.0. The number of likely N-dealkylation sites (N-methyl/N-ethyl adjacent to an activating group) is 1. The van der Waals surface area contributed by atoms with Gasteiger partial charge in [-0.1, -0.05) is 30.0 Å². The van der Waals surface area contributed by atoms with Crippen LogP contribution < -0.4 is 14.8 Å². The van der Waals surface area contributed by atoms with E-state index in [1.807, 2.05) is 0 Å². The number of benzene rings is 3. The molecule has 14 heteroatoms. The third-order valence-corrected chi connectivity index (χ3v) is 9.29. The largest absolute Gasteiger partial charge is 0.495 e. The molecule has 10 nitrogen and oxygen atoms in total. The number of carboxylic acids is 1. The van der Waals surface area contributed by atoms with Gasteiger partial charge in [-0.2, -0.15) is 0 Å². The van der Waals surface area contributed by atoms with Gasteiger partial charge in [0.2, 0.25) is 5.91 Å². The highest BCUT2D eigenvalue weighted by Gasteiger charge is 2.32. The van der Waals surface area contributed by atoms with E-state index in [2.05, 4.69) is 22.2 Å². The Hall–Kier alpha value is -4.37. The van der Waals surface area contributed by atoms with Gasteiger partial charge in [0, 0.05) is 57.3 Å². The fraction of sp³-hybridized carbons (Fsp3) is 0.294. The molecule has 0 spiro atoms. The second-order valence-electron chi connectivity index (χ2n) is 11.3. The zero-order valence-corrected chi connectivity index (χ0v) is 28.0. The molecule has 48 heavy (non-hydrogen) atoms. The Balaban J connectivity index is 1.31. The minimum Gasteiger partial charge on any atom is -0.495 e. The lowest BCUT2D eigenvalue weighted by Gasteiger charge is -2.32. The number of amides is 2. The number of nitrogens with zero attached hydrogens (tertiary/aromatic N) is 3. The number of carbonyl (C=O) groups is 3. The number of thioether (sulfide) groups is 1. The normalized spacial score (nSPS) is 16.4. The van der Waals surface area contributed by atoms with Crippen molar-refractivity contribution in [2.24, 2.45) is 0 Å². The van der Waals surface area contributed by atoms with Crippen molar-refractivity contribution in [2.75, 3.05) is 65.3 Å². The average molecular weight is 697 g/mol. The Kier molecular flexibility index (Phi) is 11.4. The van der Waals surface area contributed by atoms with E-state index in [-0.39, 0.29) is 34.3 Å². The molecule has 2 aliphatic rings. The van der Waals surface area contributed by atoms with Gasteiger partial charge in [0.15, 0.2) is 0 Å². The number of nitrogens with one attached hydrogen (secondary N) is 1. The number of carbonyl (C=O) groups excluding carboxylic acids is 2. The molecule has 0 aliphatic carbocycles. The number of hydrogen-bond donors (Lipinski definition) is 2. The van der Waals surface area contributed by atoms with Crippen molar-refractivity contribution >= 4 is 57.8 Å². The number of piperazine rings is 1. The van der Waals surface area contributed by atoms with Crippen LogP contribution in [-0.4, -0.2) is 102 Å². The zero-order valence-electron chi connectivity index (χ0n) is 26.3. The van der Waals surface area contributed by atoms with Crippen LogP contribution in [0.3, 0.4) is 0 Å². The van der Waals surface area contributed by atoms with E-state index in [9.17, 15) is 28.3 Å². The molecule has 3 aromatic carbocycles. The molecule has 0 aromatic heterocycles. The summed E-state index contributed by atoms with van der Waals surface area (Å²) in [5, 5.41) is 11.9. The molecule has 0 saturated carbocycles. The Morgan fingerprint density at radius 3 is 2.40 bits per heavy atom. The molecule has 2 saturated heterocycles. The van der Waals surface area contributed by atoms with Crippen molar-refractivity contribution in [3.05, 3.63) is 82.3 Å². The molecular weight excluding hydrogens is 663 g/mol. The van der Waals surface area contributed by atoms with Crippen molar-refractivity contribution in [1.82, 2.24) is 14.7 Å². The maximum Gasteiger partial charge on any atom is 0.335 e. The summed E-state index contributed by atoms with van der Waals surface area (Å²) in [6.07, 6.45) is 1.55. The third-order valence-electron chi connectivity index (χ3n) is 7.91. The number of halogens is 2. The molecule has 2 heterocycles. The van der Waals surface area contributed by atoms with Crippen molar-refractivity contribution in [2.45, 2.75) is 6.42 Å². The SMILES string of the molecule is COc1cc(C(=O)O)ccc1NC(=O)CCN1C(=O)/C(=C/c2cc(-c3cc(F)cc(F)c3)ccc2OCCN2CCN(C)CC2)SC1=S. The Labute approximate surface area is 286 Å². The van der Waals surface area contributed by atoms with Gasteiger partial charge in [-0.05, 0) is 66.7 Å². The number of anilines is 1. The van der Waals surface area contributed by atoms with Gasteiger partial charge in [0.1, 0.15) is 34.1 Å². The second kappa shape index (κ2) is 15.7. The fourth-order valence-corrected chi connectivity index (χ4v) is 6.54. The Morgan fingerprint density at radius 1 is 0.979 bits per heavy atom. The van der Waals surface area contributed by atoms with Crippen molar-refractivity contribution < 1.29 is 37.7 Å². The summed E-state index contributed by atoms with van der Waals surface area (Å²) in [4.78, 5) is 43.7. The number of hydrogen-bond acceptors (Lipinski definition) is 9. The number of rotatable bonds is 12. The lowest BCUT2D eigenvalue weighted by Crippen LogP contribution is -2.45. The van der Waals surface area contributed by atoms with Gasteiger partial charge < -0.3 is 24.8 Å². The van der Waals surface area contributed by atoms with E-state index in [1.54, 1.807) is 24.3 Å². The van der Waals surface area contributed by atoms with Gasteiger partial charge in [-0.3, -0.25) is 19.4 Å². The highest BCUT2D eigenvalue weighted by atomic mass is 32.2. The second-order valence-corrected chi connectivity index (χ2v) is 12.9. The summed E-state index contributed by atoms with van der Waals surface area (Å²) in [7, 11) is 3.45. The topological polar surface area (TPSA) is 112 Å². The summed E-state index contributed by atoms with van der Waals surface area (Å²) in [6, 6.07) is 12.5. The van der Waals surface area contributed by atoms with E-state index in [1.165, 1.54) is 42.3 Å². The van der Waals surface area contributed by atoms with Crippen LogP contribution >= 0.6 is 24.0 Å². The summed E-state index contributed by atoms with van der Waals surface area (Å²) >= 11 is 6.56. The molecule has 3 aromatic rings. The van der Waals surface area contributed by atoms with Gasteiger partial charge in [-0.25, -0.2) is 13.6 Å². The van der Waals surface area contributed by atoms with E-state index >= 15 is 0 Å². The van der Waals surface area contributed by atoms with Gasteiger partial charge in [0.05, 0.1) is 23.3 Å². The zero-order chi connectivity index (χ0) is 34.4. The number of thiocarbonyl (C=S) groups is 1. The highest BCUT2D eigenvalue weighted by Crippen LogP contribution is 2.36. The standard InChI is InChI=1S/C34H34F2N4O6S2/c1-38-9-11-39(12-10-38)13-14-46-28-6-4-21(23-16-25(35)20-26(36)17-23)15-24(28)19-30-32(42)40(34(47)48-30)8-7-31(41)37-27-5-3-22(33(43)44)18-29(27)45-2/h3-6,15-20H,7-14H2,1-2H3,(H,37,41)(H,43,44)/b30-19-. The van der Waals surface area contributed by atoms with Gasteiger partial charge in [-0.15, -0.1) is 0 Å². The molecule has 0 radical (unpaired) electrons. The van der Waals surface area contributed by atoms with Crippen LogP contribution in [0.5, 0.6) is 11.5 Å². The first-order valence-corrected chi connectivity index (χ1v) is 16.3. The molecule has 252 valence electrons. The summed E-state index contributed by atoms with van der Waals surface area (Å²) in [5.74, 6) is -2.70. The maximum absolute atomic E-state index is 14.1. The minimum atomic E-state index is -1.13. The van der Waals surface area contributed by atoms with Crippen molar-refractivity contribution in [3.8, 4) is 22.6 Å². The van der Waals surface area contributed by atoms with Crippen LogP contribution in [0.15, 0.2) is 59.5 Å². The number of carboxylic acid groups (broad SMARTS) is 1. The molecule has 0 atom stereocenters. The Morgan fingerprint density at radius 2 is 1.71 bits per heavy atom. The minimum absolute atomic E-state index is 0.000351. The molecule has 2 aliphatic heterocycles. The van der Waals surface area contributed by atoms with Crippen LogP contribution in [0.1, 0.15) is 22.3 Å². The summed E-state index contributed by atoms with van der Waals surface area (Å²) in [5.41, 5.74) is 1.69. The maximum atomic E-state index is 14.1. The van der Waals surface area contributed by atoms with Gasteiger partial charge in [0.25, 0.3) is 5.91 Å². The number of ether oxygens (including phenoxy) is 2. The fourth-order valence-electron chi connectivity index (χ4n) is 5.24. The molecule has 2 fully saturated rings. The first-order valence-electron chi connectivity index (χ1n) is 15.1. The molecule has 5 rings (SSSR count). The van der Waals surface area contributed by atoms with E-state index in [0.717, 1.165) is 44.0 Å². The summed E-state index contributed by atoms with van der Waals surface area (Å²) < 4.78 is 39.8. The van der Waals surface area contributed by atoms with Crippen LogP contribution in [0.4, 0.5) is 14.5 Å². The molecule has 0 bridgehead atoms. The van der Waals surface area contributed by atoms with Crippen LogP contribution in [0, 0.1) is 11.6 Å². The van der Waals surface area contributed by atoms with Crippen LogP contribution in [0.2, 0.25) is 0 Å². The van der Waals surface area contributed by atoms with Crippen molar-refractivity contribution in [1.29, 1.82) is 0 Å². The van der Waals surface area contributed by atoms with Crippen LogP contribution in [-0.2, 0) is 9.59 Å². The van der Waals surface area contributed by atoms with E-state index in [0.29, 0.717) is 40.5 Å². The van der Waals surface area contributed by atoms with Crippen molar-refractivity contribution in [3.63, 3.8) is 0 Å². The van der Waals surface area contributed by atoms with Gasteiger partial charge >= 0.3 is 5.97 Å². The molecule has 2 N–H and O–H groups in total. The third kappa shape index (κ3) is 8.75. The van der Waals surface area contributed by atoms with E-state index in [4.69, 9.17) is 21.7 Å². The summed E-state index contributed by atoms with van der Waals surface area (Å²) in [6.45, 7) is 4.93. The Bertz CT molecular complexity index is 1740. The molecule has 2 amide bonds. The monoisotopic (exact) mass is 696 g/mol. The quantitative estimate of drug-likeness (QED) is 0.194. The molecule has 0 unspecified atom stereocenters. The first-order chi connectivity index (χ1) is 23.0. The lowest BCUT2D eigenvalue weighted by atomic mass is 10.0. The molecular formula is C34H34F2N4O6S2. The highest BCUT2D eigenvalue weighted by molar-refractivity contribution is 8.26. The van der Waals surface area contributed by atoms with E-state index < -0.39 is 29.4 Å². The number of methoxy groups -OCH3 is 1. The predicted molar refractivity (Wildman–Crippen MR) is 184 cm³/mol. The number of aromatic carboxylic acids is 1. The predicted octanol–water partition coefficient (Wildman–Crippen LogP) is 5.19. The van der Waals surface area contributed by atoms with Crippen LogP contribution in [0.25, 0.3) is 17.2 Å².